The van der Waals surface area contributed by atoms with Crippen LogP contribution in [-0.2, 0) is 0 Å². The Morgan fingerprint density at radius 2 is 2.20 bits per heavy atom. The lowest BCUT2D eigenvalue weighted by Crippen LogP contribution is -2.63. The summed E-state index contributed by atoms with van der Waals surface area (Å²) in [6.45, 7) is 6.15. The Kier molecular flexibility index (Phi) is 1.31. The third kappa shape index (κ3) is 0.731. The van der Waals surface area contributed by atoms with Crippen LogP contribution >= 0.6 is 0 Å². The molecule has 10 heavy (non-hydrogen) atoms. The van der Waals surface area contributed by atoms with Gasteiger partial charge in [-0.15, -0.1) is 0 Å². The average molecular weight is 139 g/mol. The molecule has 0 spiro atoms. The normalized spacial score (nSPS) is 48.0. The summed E-state index contributed by atoms with van der Waals surface area (Å²) >= 11 is 0. The zero-order chi connectivity index (χ0) is 7.19. The monoisotopic (exact) mass is 139 g/mol. The molecular weight excluding hydrogens is 122 g/mol. The molecule has 2 fully saturated rings. The standard InChI is InChI=1S/C9H17N/c1-8-4-3-5-9(2)6-7-10(8)9/h8H,3-7H2,1-2H3. The summed E-state index contributed by atoms with van der Waals surface area (Å²) < 4.78 is 0. The maximum absolute atomic E-state index is 2.68. The molecule has 0 bridgehead atoms. The van der Waals surface area contributed by atoms with Crippen LogP contribution in [0.4, 0.5) is 0 Å². The molecule has 0 saturated carbocycles. The number of piperidine rings is 1. The molecule has 0 aliphatic carbocycles. The van der Waals surface area contributed by atoms with E-state index in [1.807, 2.05) is 0 Å². The molecule has 2 atom stereocenters. The van der Waals surface area contributed by atoms with Crippen LogP contribution in [0, 0.1) is 0 Å². The van der Waals surface area contributed by atoms with Gasteiger partial charge in [0.2, 0.25) is 0 Å². The van der Waals surface area contributed by atoms with Gasteiger partial charge in [0.25, 0.3) is 0 Å². The highest BCUT2D eigenvalue weighted by Gasteiger charge is 2.44. The molecule has 2 aliphatic heterocycles. The molecule has 2 aliphatic rings. The van der Waals surface area contributed by atoms with Gasteiger partial charge in [-0.25, -0.2) is 0 Å². The summed E-state index contributed by atoms with van der Waals surface area (Å²) in [4.78, 5) is 2.68. The van der Waals surface area contributed by atoms with Gasteiger partial charge >= 0.3 is 0 Å². The van der Waals surface area contributed by atoms with Crippen molar-refractivity contribution >= 4 is 0 Å². The number of rotatable bonds is 0. The highest BCUT2D eigenvalue weighted by molar-refractivity contribution is 5.00. The Morgan fingerprint density at radius 3 is 2.60 bits per heavy atom. The van der Waals surface area contributed by atoms with Gasteiger partial charge in [-0.05, 0) is 33.1 Å². The van der Waals surface area contributed by atoms with Crippen molar-refractivity contribution in [2.24, 2.45) is 0 Å². The first kappa shape index (κ1) is 6.66. The molecular formula is C9H17N. The van der Waals surface area contributed by atoms with Crippen LogP contribution in [0.2, 0.25) is 0 Å². The van der Waals surface area contributed by atoms with Crippen molar-refractivity contribution in [2.75, 3.05) is 6.54 Å². The van der Waals surface area contributed by atoms with Gasteiger partial charge in [0.1, 0.15) is 0 Å². The smallest absolute Gasteiger partial charge is 0.0196 e. The fourth-order valence-electron chi connectivity index (χ4n) is 2.58. The molecule has 0 aromatic carbocycles. The van der Waals surface area contributed by atoms with Crippen LogP contribution in [0.3, 0.4) is 0 Å². The molecule has 1 nitrogen and oxygen atoms in total. The van der Waals surface area contributed by atoms with Crippen LogP contribution < -0.4 is 0 Å². The Bertz CT molecular complexity index is 144. The van der Waals surface area contributed by atoms with E-state index in [0.29, 0.717) is 5.54 Å². The van der Waals surface area contributed by atoms with Crippen LogP contribution in [0.25, 0.3) is 0 Å². The first-order chi connectivity index (χ1) is 4.72. The summed E-state index contributed by atoms with van der Waals surface area (Å²) in [5, 5.41) is 0. The van der Waals surface area contributed by atoms with Gasteiger partial charge in [0.05, 0.1) is 0 Å². The van der Waals surface area contributed by atoms with E-state index in [9.17, 15) is 0 Å². The van der Waals surface area contributed by atoms with E-state index in [4.69, 9.17) is 0 Å². The van der Waals surface area contributed by atoms with E-state index < -0.39 is 0 Å². The Hall–Kier alpha value is -0.0400. The summed E-state index contributed by atoms with van der Waals surface area (Å²) in [6, 6.07) is 0.868. The third-order valence-corrected chi connectivity index (χ3v) is 3.45. The third-order valence-electron chi connectivity index (χ3n) is 3.45. The van der Waals surface area contributed by atoms with E-state index >= 15 is 0 Å². The minimum Gasteiger partial charge on any atom is -0.295 e. The number of hydrogen-bond acceptors (Lipinski definition) is 1. The summed E-state index contributed by atoms with van der Waals surface area (Å²) in [7, 11) is 0. The predicted molar refractivity (Wildman–Crippen MR) is 43.0 cm³/mol. The van der Waals surface area contributed by atoms with Crippen molar-refractivity contribution in [1.82, 2.24) is 4.90 Å². The summed E-state index contributed by atoms with van der Waals surface area (Å²) in [5.74, 6) is 0. The van der Waals surface area contributed by atoms with E-state index in [0.717, 1.165) is 6.04 Å². The number of fused-ring (bicyclic) bond motifs is 1. The lowest BCUT2D eigenvalue weighted by Gasteiger charge is -2.57. The summed E-state index contributed by atoms with van der Waals surface area (Å²) in [5.41, 5.74) is 0.623. The minimum absolute atomic E-state index is 0.623. The van der Waals surface area contributed by atoms with Gasteiger partial charge in [-0.2, -0.15) is 0 Å². The highest BCUT2D eigenvalue weighted by atomic mass is 15.3. The van der Waals surface area contributed by atoms with Gasteiger partial charge in [0, 0.05) is 18.1 Å². The van der Waals surface area contributed by atoms with Crippen molar-refractivity contribution in [2.45, 2.75) is 51.1 Å². The molecule has 2 rings (SSSR count). The van der Waals surface area contributed by atoms with Crippen LogP contribution in [0.1, 0.15) is 39.5 Å². The first-order valence-electron chi connectivity index (χ1n) is 4.49. The second kappa shape index (κ2) is 1.97. The topological polar surface area (TPSA) is 3.24 Å². The van der Waals surface area contributed by atoms with E-state index in [1.165, 1.54) is 32.2 Å². The fourth-order valence-corrected chi connectivity index (χ4v) is 2.58. The molecule has 1 heteroatoms. The number of nitrogens with zero attached hydrogens (tertiary/aromatic N) is 1. The van der Waals surface area contributed by atoms with E-state index in [-0.39, 0.29) is 0 Å². The summed E-state index contributed by atoms with van der Waals surface area (Å²) in [6.07, 6.45) is 5.76. The SMILES string of the molecule is CC1CCCC2(C)CCN12. The second-order valence-electron chi connectivity index (χ2n) is 4.18. The average Bonchev–Trinajstić information content (AvgIpc) is 1.83. The van der Waals surface area contributed by atoms with Crippen molar-refractivity contribution < 1.29 is 0 Å². The van der Waals surface area contributed by atoms with Crippen LogP contribution in [0.5, 0.6) is 0 Å². The molecule has 2 saturated heterocycles. The quantitative estimate of drug-likeness (QED) is 0.496. The first-order valence-corrected chi connectivity index (χ1v) is 4.49. The lowest BCUT2D eigenvalue weighted by atomic mass is 9.76. The highest BCUT2D eigenvalue weighted by Crippen LogP contribution is 2.41. The van der Waals surface area contributed by atoms with Gasteiger partial charge < -0.3 is 0 Å². The maximum atomic E-state index is 2.68. The zero-order valence-corrected chi connectivity index (χ0v) is 7.06. The van der Waals surface area contributed by atoms with Gasteiger partial charge in [-0.3, -0.25) is 4.90 Å². The Morgan fingerprint density at radius 1 is 1.40 bits per heavy atom. The van der Waals surface area contributed by atoms with Gasteiger partial charge in [-0.1, -0.05) is 6.42 Å². The Labute approximate surface area is 63.4 Å². The zero-order valence-electron chi connectivity index (χ0n) is 7.06. The van der Waals surface area contributed by atoms with Crippen molar-refractivity contribution in [3.8, 4) is 0 Å². The van der Waals surface area contributed by atoms with E-state index in [2.05, 4.69) is 18.7 Å². The Balaban J connectivity index is 2.09. The van der Waals surface area contributed by atoms with Crippen LogP contribution in [-0.4, -0.2) is 23.0 Å². The maximum Gasteiger partial charge on any atom is 0.0196 e. The van der Waals surface area contributed by atoms with Gasteiger partial charge in [0.15, 0.2) is 0 Å². The van der Waals surface area contributed by atoms with Crippen LogP contribution in [0.15, 0.2) is 0 Å². The fraction of sp³-hybridized carbons (Fsp3) is 1.00. The molecule has 0 amide bonds. The van der Waals surface area contributed by atoms with E-state index in [1.54, 1.807) is 0 Å². The molecule has 0 aromatic rings. The molecule has 58 valence electrons. The lowest BCUT2D eigenvalue weighted by molar-refractivity contribution is -0.0657. The largest absolute Gasteiger partial charge is 0.295 e. The number of hydrogen-bond donors (Lipinski definition) is 0. The molecule has 0 N–H and O–H groups in total. The molecule has 0 aromatic heterocycles. The predicted octanol–water partition coefficient (Wildman–Crippen LogP) is 2.02. The molecule has 2 unspecified atom stereocenters. The molecule has 0 radical (unpaired) electrons. The van der Waals surface area contributed by atoms with Crippen molar-refractivity contribution in [3.63, 3.8) is 0 Å². The molecule has 2 heterocycles. The second-order valence-corrected chi connectivity index (χ2v) is 4.18. The van der Waals surface area contributed by atoms with Crippen molar-refractivity contribution in [3.05, 3.63) is 0 Å². The van der Waals surface area contributed by atoms with Crippen molar-refractivity contribution in [1.29, 1.82) is 0 Å². The minimum atomic E-state index is 0.623.